The summed E-state index contributed by atoms with van der Waals surface area (Å²) in [6, 6.07) is 0.840. The Bertz CT molecular complexity index is 384. The third-order valence-electron chi connectivity index (χ3n) is 4.02. The molecular formula is C16H29IN4O. The van der Waals surface area contributed by atoms with Gasteiger partial charge in [0.15, 0.2) is 5.96 Å². The normalized spacial score (nSPS) is 19.0. The second-order valence-corrected chi connectivity index (χ2v) is 5.84. The highest BCUT2D eigenvalue weighted by Crippen LogP contribution is 2.17. The molecule has 0 atom stereocenters. The van der Waals surface area contributed by atoms with Gasteiger partial charge in [-0.2, -0.15) is 0 Å². The molecule has 2 rings (SSSR count). The van der Waals surface area contributed by atoms with E-state index in [-0.39, 0.29) is 29.9 Å². The Morgan fingerprint density at radius 2 is 1.82 bits per heavy atom. The summed E-state index contributed by atoms with van der Waals surface area (Å²) in [4.78, 5) is 16.3. The molecular weight excluding hydrogens is 391 g/mol. The lowest BCUT2D eigenvalue weighted by Gasteiger charge is -2.16. The molecule has 0 bridgehead atoms. The molecule has 0 unspecified atom stereocenters. The average molecular weight is 420 g/mol. The van der Waals surface area contributed by atoms with Crippen LogP contribution in [0.2, 0.25) is 0 Å². The first kappa shape index (κ1) is 19.3. The van der Waals surface area contributed by atoms with Crippen molar-refractivity contribution in [2.24, 2.45) is 4.99 Å². The van der Waals surface area contributed by atoms with E-state index in [9.17, 15) is 4.79 Å². The number of halogens is 1. The zero-order chi connectivity index (χ0) is 14.9. The summed E-state index contributed by atoms with van der Waals surface area (Å²) in [7, 11) is 0. The van der Waals surface area contributed by atoms with Crippen molar-refractivity contribution in [3.63, 3.8) is 0 Å². The molecule has 2 aliphatic carbocycles. The Morgan fingerprint density at radius 1 is 1.14 bits per heavy atom. The minimum absolute atomic E-state index is 0. The van der Waals surface area contributed by atoms with Gasteiger partial charge in [0.05, 0.1) is 6.54 Å². The van der Waals surface area contributed by atoms with Crippen molar-refractivity contribution in [1.29, 1.82) is 0 Å². The van der Waals surface area contributed by atoms with Crippen molar-refractivity contribution in [1.82, 2.24) is 16.0 Å². The zero-order valence-corrected chi connectivity index (χ0v) is 15.8. The number of carbonyl (C=O) groups excluding carboxylic acids is 1. The van der Waals surface area contributed by atoms with Crippen LogP contribution in [-0.4, -0.2) is 37.0 Å². The molecule has 3 N–H and O–H groups in total. The van der Waals surface area contributed by atoms with Gasteiger partial charge >= 0.3 is 0 Å². The van der Waals surface area contributed by atoms with E-state index in [1.165, 1.54) is 12.8 Å². The molecule has 0 heterocycles. The van der Waals surface area contributed by atoms with Crippen LogP contribution in [0.3, 0.4) is 0 Å². The number of nitrogens with zero attached hydrogens (tertiary/aromatic N) is 1. The SMILES string of the molecule is CCNC(=NCCC(=O)NC1CCCC1)NC1CC=CC1.I. The minimum atomic E-state index is 0. The average Bonchev–Trinajstić information content (AvgIpc) is 3.12. The van der Waals surface area contributed by atoms with Crippen molar-refractivity contribution < 1.29 is 4.79 Å². The number of nitrogens with one attached hydrogen (secondary N) is 3. The van der Waals surface area contributed by atoms with Crippen LogP contribution >= 0.6 is 24.0 Å². The van der Waals surface area contributed by atoms with E-state index in [2.05, 4.69) is 40.0 Å². The molecule has 0 aromatic heterocycles. The molecule has 0 aromatic rings. The Hall–Kier alpha value is -0.790. The summed E-state index contributed by atoms with van der Waals surface area (Å²) in [5.41, 5.74) is 0. The number of amides is 1. The molecule has 1 amide bonds. The van der Waals surface area contributed by atoms with Gasteiger partial charge in [-0.3, -0.25) is 9.79 Å². The quantitative estimate of drug-likeness (QED) is 0.268. The molecule has 22 heavy (non-hydrogen) atoms. The van der Waals surface area contributed by atoms with Gasteiger partial charge in [-0.25, -0.2) is 0 Å². The van der Waals surface area contributed by atoms with E-state index >= 15 is 0 Å². The molecule has 0 radical (unpaired) electrons. The van der Waals surface area contributed by atoms with E-state index in [4.69, 9.17) is 0 Å². The first-order chi connectivity index (χ1) is 10.3. The van der Waals surface area contributed by atoms with Gasteiger partial charge in [0, 0.05) is 25.0 Å². The van der Waals surface area contributed by atoms with Crippen LogP contribution in [0.5, 0.6) is 0 Å². The second kappa shape index (κ2) is 10.9. The van der Waals surface area contributed by atoms with Gasteiger partial charge < -0.3 is 16.0 Å². The highest BCUT2D eigenvalue weighted by molar-refractivity contribution is 14.0. The molecule has 0 spiro atoms. The number of rotatable bonds is 6. The van der Waals surface area contributed by atoms with Crippen LogP contribution in [0.1, 0.15) is 51.9 Å². The van der Waals surface area contributed by atoms with Gasteiger partial charge in [-0.15, -0.1) is 24.0 Å². The third-order valence-corrected chi connectivity index (χ3v) is 4.02. The van der Waals surface area contributed by atoms with E-state index < -0.39 is 0 Å². The highest BCUT2D eigenvalue weighted by Gasteiger charge is 2.16. The van der Waals surface area contributed by atoms with Crippen LogP contribution in [0, 0.1) is 0 Å². The second-order valence-electron chi connectivity index (χ2n) is 5.84. The van der Waals surface area contributed by atoms with Gasteiger partial charge in [-0.1, -0.05) is 25.0 Å². The third kappa shape index (κ3) is 6.98. The Balaban J connectivity index is 0.00000242. The van der Waals surface area contributed by atoms with Gasteiger partial charge in [0.25, 0.3) is 0 Å². The van der Waals surface area contributed by atoms with Crippen LogP contribution < -0.4 is 16.0 Å². The monoisotopic (exact) mass is 420 g/mol. The molecule has 5 nitrogen and oxygen atoms in total. The van der Waals surface area contributed by atoms with Crippen molar-refractivity contribution >= 4 is 35.8 Å². The molecule has 6 heteroatoms. The fourth-order valence-electron chi connectivity index (χ4n) is 2.89. The van der Waals surface area contributed by atoms with E-state index in [1.54, 1.807) is 0 Å². The van der Waals surface area contributed by atoms with Crippen molar-refractivity contribution in [2.45, 2.75) is 64.0 Å². The molecule has 2 aliphatic rings. The summed E-state index contributed by atoms with van der Waals surface area (Å²) < 4.78 is 0. The van der Waals surface area contributed by atoms with Crippen LogP contribution in [0.25, 0.3) is 0 Å². The van der Waals surface area contributed by atoms with Crippen LogP contribution in [-0.2, 0) is 4.79 Å². The van der Waals surface area contributed by atoms with E-state index in [1.807, 2.05) is 0 Å². The standard InChI is InChI=1S/C16H28N4O.HI/c1-2-17-16(20-14-9-5-6-10-14)18-12-11-15(21)19-13-7-3-4-8-13;/h5-6,13-14H,2-4,7-12H2,1H3,(H,19,21)(H2,17,18,20);1H. The lowest BCUT2D eigenvalue weighted by molar-refractivity contribution is -0.121. The Labute approximate surface area is 150 Å². The van der Waals surface area contributed by atoms with E-state index in [0.29, 0.717) is 25.0 Å². The summed E-state index contributed by atoms with van der Waals surface area (Å²) in [5.74, 6) is 0.948. The molecule has 1 saturated carbocycles. The first-order valence-corrected chi connectivity index (χ1v) is 8.27. The van der Waals surface area contributed by atoms with Crippen molar-refractivity contribution in [2.75, 3.05) is 13.1 Å². The predicted molar refractivity (Wildman–Crippen MR) is 102 cm³/mol. The molecule has 0 saturated heterocycles. The summed E-state index contributed by atoms with van der Waals surface area (Å²) in [6.07, 6.45) is 11.7. The van der Waals surface area contributed by atoms with E-state index in [0.717, 1.165) is 38.2 Å². The number of hydrogen-bond donors (Lipinski definition) is 3. The number of aliphatic imine (C=N–C) groups is 1. The first-order valence-electron chi connectivity index (χ1n) is 8.27. The van der Waals surface area contributed by atoms with Crippen molar-refractivity contribution in [3.8, 4) is 0 Å². The highest BCUT2D eigenvalue weighted by atomic mass is 127. The Kier molecular flexibility index (Phi) is 9.50. The zero-order valence-electron chi connectivity index (χ0n) is 13.4. The van der Waals surface area contributed by atoms with Crippen LogP contribution in [0.15, 0.2) is 17.1 Å². The maximum Gasteiger partial charge on any atom is 0.222 e. The molecule has 126 valence electrons. The maximum atomic E-state index is 11.9. The van der Waals surface area contributed by atoms with Crippen LogP contribution in [0.4, 0.5) is 0 Å². The fourth-order valence-corrected chi connectivity index (χ4v) is 2.89. The minimum Gasteiger partial charge on any atom is -0.357 e. The number of hydrogen-bond acceptors (Lipinski definition) is 2. The largest absolute Gasteiger partial charge is 0.357 e. The lowest BCUT2D eigenvalue weighted by atomic mass is 10.2. The van der Waals surface area contributed by atoms with Gasteiger partial charge in [0.2, 0.25) is 5.91 Å². The van der Waals surface area contributed by atoms with Gasteiger partial charge in [0.1, 0.15) is 0 Å². The number of carbonyl (C=O) groups is 1. The maximum absolute atomic E-state index is 11.9. The summed E-state index contributed by atoms with van der Waals surface area (Å²) >= 11 is 0. The summed E-state index contributed by atoms with van der Waals surface area (Å²) in [5, 5.41) is 9.74. The lowest BCUT2D eigenvalue weighted by Crippen LogP contribution is -2.42. The molecule has 0 aliphatic heterocycles. The number of guanidine groups is 1. The fraction of sp³-hybridized carbons (Fsp3) is 0.750. The predicted octanol–water partition coefficient (Wildman–Crippen LogP) is 2.33. The summed E-state index contributed by atoms with van der Waals surface area (Å²) in [6.45, 7) is 3.42. The van der Waals surface area contributed by atoms with Crippen molar-refractivity contribution in [3.05, 3.63) is 12.2 Å². The molecule has 1 fully saturated rings. The smallest absolute Gasteiger partial charge is 0.222 e. The Morgan fingerprint density at radius 3 is 2.45 bits per heavy atom. The van der Waals surface area contributed by atoms with Gasteiger partial charge in [-0.05, 0) is 32.6 Å². The topological polar surface area (TPSA) is 65.5 Å². The molecule has 0 aromatic carbocycles.